The van der Waals surface area contributed by atoms with Crippen LogP contribution in [-0.4, -0.2) is 32.3 Å². The molecule has 0 aliphatic carbocycles. The normalized spacial score (nSPS) is 12.5. The molecule has 0 aliphatic rings. The van der Waals surface area contributed by atoms with Crippen LogP contribution in [0.3, 0.4) is 0 Å². The van der Waals surface area contributed by atoms with Crippen LogP contribution in [0.15, 0.2) is 53.5 Å². The van der Waals surface area contributed by atoms with Gasteiger partial charge in [-0.1, -0.05) is 24.3 Å². The minimum atomic E-state index is -0.274. The van der Waals surface area contributed by atoms with Crippen LogP contribution < -0.4 is 15.4 Å². The van der Waals surface area contributed by atoms with Crippen molar-refractivity contribution in [2.45, 2.75) is 33.1 Å². The Labute approximate surface area is 160 Å². The van der Waals surface area contributed by atoms with E-state index in [1.807, 2.05) is 13.8 Å². The minimum absolute atomic E-state index is 0.0909. The first-order chi connectivity index (χ1) is 13.1. The van der Waals surface area contributed by atoms with Gasteiger partial charge >= 0.3 is 0 Å². The number of guanidine groups is 1. The summed E-state index contributed by atoms with van der Waals surface area (Å²) in [6.45, 7) is 6.53. The molecule has 0 bridgehead atoms. The van der Waals surface area contributed by atoms with Crippen LogP contribution in [0.25, 0.3) is 0 Å². The van der Waals surface area contributed by atoms with Gasteiger partial charge in [0.25, 0.3) is 0 Å². The molecule has 0 heterocycles. The van der Waals surface area contributed by atoms with Crippen LogP contribution in [0.5, 0.6) is 5.75 Å². The Hall–Kier alpha value is -2.60. The van der Waals surface area contributed by atoms with Gasteiger partial charge in [-0.05, 0) is 49.2 Å². The van der Waals surface area contributed by atoms with Gasteiger partial charge in [0.1, 0.15) is 17.7 Å². The van der Waals surface area contributed by atoms with Gasteiger partial charge < -0.3 is 20.1 Å². The topological polar surface area (TPSA) is 54.9 Å². The Morgan fingerprint density at radius 2 is 1.70 bits per heavy atom. The smallest absolute Gasteiger partial charge is 0.191 e. The lowest BCUT2D eigenvalue weighted by Crippen LogP contribution is -2.41. The first-order valence-corrected chi connectivity index (χ1v) is 9.13. The third-order valence-electron chi connectivity index (χ3n) is 3.89. The number of nitrogens with zero attached hydrogens (tertiary/aromatic N) is 1. The molecule has 0 saturated carbocycles. The quantitative estimate of drug-likeness (QED) is 0.522. The standard InChI is InChI=1S/C21H28FN3O2/c1-4-26-15-18-7-5-17(6-8-18)14-25-21(23-3)24-13-16(2)27-20-11-9-19(22)10-12-20/h5-12,16H,4,13-15H2,1-3H3,(H2,23,24,25). The number of halogens is 1. The molecule has 0 saturated heterocycles. The zero-order chi connectivity index (χ0) is 19.5. The van der Waals surface area contributed by atoms with E-state index in [0.717, 1.165) is 11.1 Å². The highest BCUT2D eigenvalue weighted by Crippen LogP contribution is 2.12. The second kappa shape index (κ2) is 11.2. The molecular weight excluding hydrogens is 345 g/mol. The summed E-state index contributed by atoms with van der Waals surface area (Å²) < 4.78 is 24.1. The summed E-state index contributed by atoms with van der Waals surface area (Å²) in [6.07, 6.45) is -0.0909. The van der Waals surface area contributed by atoms with Crippen molar-refractivity contribution in [2.24, 2.45) is 4.99 Å². The average Bonchev–Trinajstić information content (AvgIpc) is 2.69. The van der Waals surface area contributed by atoms with E-state index in [2.05, 4.69) is 39.9 Å². The maximum absolute atomic E-state index is 12.9. The lowest BCUT2D eigenvalue weighted by atomic mass is 10.1. The number of rotatable bonds is 9. The Morgan fingerprint density at radius 1 is 1.04 bits per heavy atom. The summed E-state index contributed by atoms with van der Waals surface area (Å²) in [5.41, 5.74) is 2.32. The molecule has 146 valence electrons. The molecule has 1 atom stereocenters. The van der Waals surface area contributed by atoms with Crippen LogP contribution in [0, 0.1) is 5.82 Å². The molecule has 1 unspecified atom stereocenters. The number of hydrogen-bond donors (Lipinski definition) is 2. The average molecular weight is 373 g/mol. The molecule has 2 rings (SSSR count). The highest BCUT2D eigenvalue weighted by atomic mass is 19.1. The number of aliphatic imine (C=N–C) groups is 1. The van der Waals surface area contributed by atoms with Crippen molar-refractivity contribution in [3.63, 3.8) is 0 Å². The van der Waals surface area contributed by atoms with Gasteiger partial charge in [0.2, 0.25) is 0 Å². The maximum Gasteiger partial charge on any atom is 0.191 e. The molecule has 27 heavy (non-hydrogen) atoms. The first kappa shape index (κ1) is 20.7. The lowest BCUT2D eigenvalue weighted by Gasteiger charge is -2.18. The highest BCUT2D eigenvalue weighted by Gasteiger charge is 2.06. The molecule has 2 aromatic rings. The molecular formula is C21H28FN3O2. The molecule has 0 aliphatic heterocycles. The Morgan fingerprint density at radius 3 is 2.33 bits per heavy atom. The maximum atomic E-state index is 12.9. The lowest BCUT2D eigenvalue weighted by molar-refractivity contribution is 0.134. The molecule has 0 spiro atoms. The number of nitrogens with one attached hydrogen (secondary N) is 2. The van der Waals surface area contributed by atoms with Crippen molar-refractivity contribution in [3.8, 4) is 5.75 Å². The fourth-order valence-corrected chi connectivity index (χ4v) is 2.41. The summed E-state index contributed by atoms with van der Waals surface area (Å²) in [5.74, 6) is 1.06. The summed E-state index contributed by atoms with van der Waals surface area (Å²) >= 11 is 0. The van der Waals surface area contributed by atoms with E-state index in [0.29, 0.717) is 38.0 Å². The Bertz CT molecular complexity index is 702. The van der Waals surface area contributed by atoms with Crippen LogP contribution in [0.4, 0.5) is 4.39 Å². The molecule has 6 heteroatoms. The summed E-state index contributed by atoms with van der Waals surface area (Å²) in [5, 5.41) is 6.51. The van der Waals surface area contributed by atoms with E-state index >= 15 is 0 Å². The highest BCUT2D eigenvalue weighted by molar-refractivity contribution is 5.79. The van der Waals surface area contributed by atoms with Gasteiger partial charge in [-0.25, -0.2) is 4.39 Å². The first-order valence-electron chi connectivity index (χ1n) is 9.13. The van der Waals surface area contributed by atoms with Crippen LogP contribution in [0.2, 0.25) is 0 Å². The van der Waals surface area contributed by atoms with Crippen molar-refractivity contribution < 1.29 is 13.9 Å². The van der Waals surface area contributed by atoms with Crippen molar-refractivity contribution in [1.82, 2.24) is 10.6 Å². The zero-order valence-electron chi connectivity index (χ0n) is 16.2. The van der Waals surface area contributed by atoms with E-state index in [9.17, 15) is 4.39 Å². The van der Waals surface area contributed by atoms with Crippen LogP contribution in [0.1, 0.15) is 25.0 Å². The molecule has 0 amide bonds. The van der Waals surface area contributed by atoms with E-state index in [1.165, 1.54) is 12.1 Å². The van der Waals surface area contributed by atoms with E-state index in [-0.39, 0.29) is 11.9 Å². The zero-order valence-corrected chi connectivity index (χ0v) is 16.2. The SMILES string of the molecule is CCOCc1ccc(CNC(=NC)NCC(C)Oc2ccc(F)cc2)cc1. The van der Waals surface area contributed by atoms with E-state index in [1.54, 1.807) is 19.2 Å². The van der Waals surface area contributed by atoms with E-state index in [4.69, 9.17) is 9.47 Å². The predicted molar refractivity (Wildman–Crippen MR) is 106 cm³/mol. The number of benzene rings is 2. The van der Waals surface area contributed by atoms with Gasteiger partial charge in [0.15, 0.2) is 5.96 Å². The summed E-state index contributed by atoms with van der Waals surface area (Å²) in [7, 11) is 1.73. The second-order valence-electron chi connectivity index (χ2n) is 6.14. The van der Waals surface area contributed by atoms with Crippen molar-refractivity contribution in [3.05, 3.63) is 65.5 Å². The van der Waals surface area contributed by atoms with Crippen molar-refractivity contribution in [1.29, 1.82) is 0 Å². The third kappa shape index (κ3) is 7.66. The van der Waals surface area contributed by atoms with Gasteiger partial charge in [-0.2, -0.15) is 0 Å². The molecule has 0 radical (unpaired) electrons. The molecule has 2 N–H and O–H groups in total. The fourth-order valence-electron chi connectivity index (χ4n) is 2.41. The van der Waals surface area contributed by atoms with Gasteiger partial charge in [0, 0.05) is 20.2 Å². The second-order valence-corrected chi connectivity index (χ2v) is 6.14. The minimum Gasteiger partial charge on any atom is -0.489 e. The molecule has 0 fully saturated rings. The Balaban J connectivity index is 1.74. The number of ether oxygens (including phenoxy) is 2. The molecule has 0 aromatic heterocycles. The molecule has 5 nitrogen and oxygen atoms in total. The van der Waals surface area contributed by atoms with E-state index < -0.39 is 0 Å². The Kier molecular flexibility index (Phi) is 8.58. The monoisotopic (exact) mass is 373 g/mol. The van der Waals surface area contributed by atoms with Crippen LogP contribution >= 0.6 is 0 Å². The van der Waals surface area contributed by atoms with Gasteiger partial charge in [-0.15, -0.1) is 0 Å². The fraction of sp³-hybridized carbons (Fsp3) is 0.381. The third-order valence-corrected chi connectivity index (χ3v) is 3.89. The summed E-state index contributed by atoms with van der Waals surface area (Å²) in [4.78, 5) is 4.22. The predicted octanol–water partition coefficient (Wildman–Crippen LogP) is 3.49. The number of hydrogen-bond acceptors (Lipinski definition) is 3. The van der Waals surface area contributed by atoms with Crippen molar-refractivity contribution >= 4 is 5.96 Å². The largest absolute Gasteiger partial charge is 0.489 e. The molecule has 2 aromatic carbocycles. The van der Waals surface area contributed by atoms with Crippen LogP contribution in [-0.2, 0) is 17.9 Å². The van der Waals surface area contributed by atoms with Gasteiger partial charge in [-0.3, -0.25) is 4.99 Å². The van der Waals surface area contributed by atoms with Crippen molar-refractivity contribution in [2.75, 3.05) is 20.2 Å². The summed E-state index contributed by atoms with van der Waals surface area (Å²) in [6, 6.07) is 14.3. The van der Waals surface area contributed by atoms with Gasteiger partial charge in [0.05, 0.1) is 13.2 Å².